The fraction of sp³-hybridized carbons (Fsp3) is 0.435. The molecule has 1 aliphatic carbocycles. The summed E-state index contributed by atoms with van der Waals surface area (Å²) in [5.74, 6) is 1.77. The number of aliphatic imine (C=N–C) groups is 2. The van der Waals surface area contributed by atoms with Crippen LogP contribution in [0.4, 0.5) is 11.5 Å². The van der Waals surface area contributed by atoms with Gasteiger partial charge in [0.05, 0.1) is 11.9 Å². The third-order valence-electron chi connectivity index (χ3n) is 5.92. The van der Waals surface area contributed by atoms with Gasteiger partial charge in [0.2, 0.25) is 0 Å². The van der Waals surface area contributed by atoms with Crippen molar-refractivity contribution < 1.29 is 0 Å². The monoisotopic (exact) mass is 405 g/mol. The average molecular weight is 406 g/mol. The number of hydrogen-bond donors (Lipinski definition) is 2. The zero-order valence-electron chi connectivity index (χ0n) is 17.6. The van der Waals surface area contributed by atoms with Gasteiger partial charge in [0.1, 0.15) is 18.3 Å². The Kier molecular flexibility index (Phi) is 6.59. The summed E-state index contributed by atoms with van der Waals surface area (Å²) < 4.78 is 0. The van der Waals surface area contributed by atoms with Gasteiger partial charge >= 0.3 is 0 Å². The lowest BCUT2D eigenvalue weighted by Gasteiger charge is -2.29. The minimum atomic E-state index is 0.450. The first-order valence-electron chi connectivity index (χ1n) is 10.8. The van der Waals surface area contributed by atoms with Gasteiger partial charge in [-0.05, 0) is 43.8 Å². The van der Waals surface area contributed by atoms with Crippen LogP contribution in [0.5, 0.6) is 0 Å². The number of pyridine rings is 1. The summed E-state index contributed by atoms with van der Waals surface area (Å²) in [6.07, 6.45) is 12.6. The molecule has 7 nitrogen and oxygen atoms in total. The topological polar surface area (TPSA) is 68.1 Å². The molecule has 1 aromatic heterocycles. The fourth-order valence-electron chi connectivity index (χ4n) is 4.42. The molecule has 2 aliphatic heterocycles. The number of amidine groups is 1. The van der Waals surface area contributed by atoms with Gasteiger partial charge in [0.15, 0.2) is 0 Å². The van der Waals surface area contributed by atoms with Crippen LogP contribution < -0.4 is 15.5 Å². The lowest BCUT2D eigenvalue weighted by atomic mass is 10.2. The molecule has 0 bridgehead atoms. The summed E-state index contributed by atoms with van der Waals surface area (Å²) in [4.78, 5) is 18.1. The third-order valence-corrected chi connectivity index (χ3v) is 5.92. The molecular weight excluding hydrogens is 374 g/mol. The van der Waals surface area contributed by atoms with E-state index in [1.165, 1.54) is 31.4 Å². The molecule has 0 atom stereocenters. The van der Waals surface area contributed by atoms with E-state index in [1.54, 1.807) is 6.20 Å². The molecule has 4 rings (SSSR count). The Morgan fingerprint density at radius 3 is 2.70 bits per heavy atom. The molecule has 1 saturated carbocycles. The summed E-state index contributed by atoms with van der Waals surface area (Å²) in [6.45, 7) is 12.1. The molecule has 0 spiro atoms. The molecule has 1 aromatic rings. The van der Waals surface area contributed by atoms with E-state index < -0.39 is 0 Å². The lowest BCUT2D eigenvalue weighted by Crippen LogP contribution is -2.43. The first-order chi connectivity index (χ1) is 14.8. The molecule has 0 amide bonds. The van der Waals surface area contributed by atoms with Crippen LogP contribution in [0.25, 0.3) is 0 Å². The highest BCUT2D eigenvalue weighted by Crippen LogP contribution is 2.33. The smallest absolute Gasteiger partial charge is 0.139 e. The summed E-state index contributed by atoms with van der Waals surface area (Å²) in [5, 5.41) is 6.71. The zero-order chi connectivity index (χ0) is 20.8. The van der Waals surface area contributed by atoms with Gasteiger partial charge in [-0.2, -0.15) is 0 Å². The maximum absolute atomic E-state index is 4.87. The van der Waals surface area contributed by atoms with Crippen molar-refractivity contribution in [1.29, 1.82) is 0 Å². The SMILES string of the molecule is C=CC1=C/C(=C/N=C)C(=NCNc2ccc(N3CCNCC3)cn2)N1C1CCCC1. The molecular formula is C23H31N7. The number of allylic oxidation sites excluding steroid dienone is 1. The Labute approximate surface area is 179 Å². The van der Waals surface area contributed by atoms with Gasteiger partial charge in [0, 0.05) is 49.7 Å². The van der Waals surface area contributed by atoms with E-state index in [4.69, 9.17) is 4.99 Å². The van der Waals surface area contributed by atoms with Crippen molar-refractivity contribution in [1.82, 2.24) is 15.2 Å². The predicted molar refractivity (Wildman–Crippen MR) is 125 cm³/mol. The minimum Gasteiger partial charge on any atom is -0.368 e. The predicted octanol–water partition coefficient (Wildman–Crippen LogP) is 3.17. The Morgan fingerprint density at radius 2 is 2.03 bits per heavy atom. The second-order valence-corrected chi connectivity index (χ2v) is 7.80. The quantitative estimate of drug-likeness (QED) is 0.682. The maximum Gasteiger partial charge on any atom is 0.139 e. The number of hydrogen-bond acceptors (Lipinski definition) is 6. The molecule has 0 radical (unpaired) electrons. The second kappa shape index (κ2) is 9.71. The second-order valence-electron chi connectivity index (χ2n) is 7.80. The highest BCUT2D eigenvalue weighted by Gasteiger charge is 2.32. The van der Waals surface area contributed by atoms with Gasteiger partial charge in [-0.25, -0.2) is 9.98 Å². The standard InChI is InChI=1S/C23H31N7/c1-3-19-14-18(15-24-2)23(30(19)20-6-4-5-7-20)28-17-27-22-9-8-21(16-26-22)29-12-10-25-11-13-29/h3,8-9,14-16,20,25H,1-2,4-7,10-13,17H2,(H,26,27)/b18-15-,28-23?. The van der Waals surface area contributed by atoms with Crippen LogP contribution in [-0.4, -0.2) is 61.3 Å². The maximum atomic E-state index is 4.87. The number of anilines is 2. The van der Waals surface area contributed by atoms with Gasteiger partial charge in [-0.15, -0.1) is 0 Å². The summed E-state index contributed by atoms with van der Waals surface area (Å²) in [5.41, 5.74) is 3.24. The fourth-order valence-corrected chi connectivity index (χ4v) is 4.42. The minimum absolute atomic E-state index is 0.450. The summed E-state index contributed by atoms with van der Waals surface area (Å²) in [6, 6.07) is 4.62. The summed E-state index contributed by atoms with van der Waals surface area (Å²) >= 11 is 0. The van der Waals surface area contributed by atoms with E-state index in [0.29, 0.717) is 12.7 Å². The van der Waals surface area contributed by atoms with Crippen LogP contribution >= 0.6 is 0 Å². The highest BCUT2D eigenvalue weighted by atomic mass is 15.3. The first-order valence-corrected chi connectivity index (χ1v) is 10.8. The van der Waals surface area contributed by atoms with E-state index in [2.05, 4.69) is 55.8 Å². The third kappa shape index (κ3) is 4.46. The molecule has 0 aromatic carbocycles. The van der Waals surface area contributed by atoms with Gasteiger partial charge < -0.3 is 20.4 Å². The van der Waals surface area contributed by atoms with Crippen LogP contribution in [0, 0.1) is 0 Å². The van der Waals surface area contributed by atoms with Crippen LogP contribution in [-0.2, 0) is 0 Å². The first kappa shape index (κ1) is 20.3. The Morgan fingerprint density at radius 1 is 1.23 bits per heavy atom. The van der Waals surface area contributed by atoms with Crippen molar-refractivity contribution in [3.05, 3.63) is 54.5 Å². The van der Waals surface area contributed by atoms with Gasteiger partial charge in [0.25, 0.3) is 0 Å². The lowest BCUT2D eigenvalue weighted by molar-refractivity contribution is 0.395. The zero-order valence-corrected chi connectivity index (χ0v) is 17.6. The van der Waals surface area contributed by atoms with Crippen LogP contribution in [0.15, 0.2) is 64.5 Å². The van der Waals surface area contributed by atoms with Crippen molar-refractivity contribution in [3.8, 4) is 0 Å². The van der Waals surface area contributed by atoms with Crippen LogP contribution in [0.3, 0.4) is 0 Å². The van der Waals surface area contributed by atoms with Crippen molar-refractivity contribution in [2.75, 3.05) is 43.1 Å². The molecule has 2 fully saturated rings. The largest absolute Gasteiger partial charge is 0.368 e. The molecule has 3 heterocycles. The van der Waals surface area contributed by atoms with Crippen LogP contribution in [0.1, 0.15) is 25.7 Å². The van der Waals surface area contributed by atoms with E-state index in [1.807, 2.05) is 18.3 Å². The van der Waals surface area contributed by atoms with E-state index >= 15 is 0 Å². The van der Waals surface area contributed by atoms with E-state index in [0.717, 1.165) is 49.1 Å². The van der Waals surface area contributed by atoms with Crippen molar-refractivity contribution in [2.24, 2.45) is 9.98 Å². The van der Waals surface area contributed by atoms with Crippen LogP contribution in [0.2, 0.25) is 0 Å². The highest BCUT2D eigenvalue weighted by molar-refractivity contribution is 6.05. The molecule has 1 saturated heterocycles. The average Bonchev–Trinajstić information content (AvgIpc) is 3.43. The van der Waals surface area contributed by atoms with Gasteiger partial charge in [-0.1, -0.05) is 19.4 Å². The molecule has 7 heteroatoms. The number of nitrogens with zero attached hydrogens (tertiary/aromatic N) is 5. The van der Waals surface area contributed by atoms with Crippen molar-refractivity contribution in [2.45, 2.75) is 31.7 Å². The molecule has 2 N–H and O–H groups in total. The van der Waals surface area contributed by atoms with E-state index in [9.17, 15) is 0 Å². The number of nitrogens with one attached hydrogen (secondary N) is 2. The van der Waals surface area contributed by atoms with Crippen molar-refractivity contribution >= 4 is 24.1 Å². The van der Waals surface area contributed by atoms with Crippen molar-refractivity contribution in [3.63, 3.8) is 0 Å². The number of piperazine rings is 1. The Bertz CT molecular complexity index is 841. The van der Waals surface area contributed by atoms with E-state index in [-0.39, 0.29) is 0 Å². The molecule has 3 aliphatic rings. The number of aromatic nitrogens is 1. The summed E-state index contributed by atoms with van der Waals surface area (Å²) in [7, 11) is 0. The normalized spacial score (nSPS) is 22.6. The Hall–Kier alpha value is -2.93. The molecule has 0 unspecified atom stereocenters. The molecule has 30 heavy (non-hydrogen) atoms. The van der Waals surface area contributed by atoms with Gasteiger partial charge in [-0.3, -0.25) is 4.99 Å². The Balaban J connectivity index is 1.45. The molecule has 158 valence electrons. The number of rotatable bonds is 7.